The van der Waals surface area contributed by atoms with Crippen LogP contribution in [0, 0.1) is 0 Å². The van der Waals surface area contributed by atoms with Crippen LogP contribution in [-0.4, -0.2) is 71.9 Å². The molecule has 8 heteroatoms. The van der Waals surface area contributed by atoms with Gasteiger partial charge in [-0.25, -0.2) is 0 Å². The number of fused-ring (bicyclic) bond motifs is 1. The molecule has 0 saturated carbocycles. The average molecular weight is 431 g/mol. The molecule has 1 aromatic carbocycles. The van der Waals surface area contributed by atoms with Crippen LogP contribution in [0.2, 0.25) is 0 Å². The maximum atomic E-state index is 12.8. The molecule has 31 heavy (non-hydrogen) atoms. The molecule has 0 radical (unpaired) electrons. The minimum Gasteiger partial charge on any atom is -0.460 e. The van der Waals surface area contributed by atoms with Gasteiger partial charge in [0, 0.05) is 32.2 Å². The van der Waals surface area contributed by atoms with E-state index in [0.29, 0.717) is 30.7 Å². The quantitative estimate of drug-likeness (QED) is 0.488. The van der Waals surface area contributed by atoms with Gasteiger partial charge in [0.05, 0.1) is 23.8 Å². The van der Waals surface area contributed by atoms with Crippen LogP contribution < -0.4 is 0 Å². The Kier molecular flexibility index (Phi) is 6.79. The number of esters is 1. The summed E-state index contributed by atoms with van der Waals surface area (Å²) in [6, 6.07) is 4.58. The van der Waals surface area contributed by atoms with E-state index in [2.05, 4.69) is 0 Å². The summed E-state index contributed by atoms with van der Waals surface area (Å²) in [7, 11) is 1.64. The van der Waals surface area contributed by atoms with E-state index in [1.54, 1.807) is 13.1 Å². The number of amides is 3. The van der Waals surface area contributed by atoms with Crippen molar-refractivity contribution >= 4 is 23.7 Å². The SMILES string of the molecule is CN(CCCC(=O)OC(C)(C)C)C(=O)c1ccc2c(c1)C(=O)N(CC1CCCO1)C2=O. The highest BCUT2D eigenvalue weighted by Crippen LogP contribution is 2.26. The predicted octanol–water partition coefficient (Wildman–Crippen LogP) is 2.66. The Hall–Kier alpha value is -2.74. The highest BCUT2D eigenvalue weighted by atomic mass is 16.6. The standard InChI is InChI=1S/C23H30N2O6/c1-23(2,3)31-19(26)8-5-11-24(4)20(27)15-9-10-17-18(13-15)22(29)25(21(17)28)14-16-7-6-12-30-16/h9-10,13,16H,5-8,11-12,14H2,1-4H3. The Morgan fingerprint density at radius 1 is 1.19 bits per heavy atom. The first-order chi connectivity index (χ1) is 14.6. The maximum absolute atomic E-state index is 12.8. The van der Waals surface area contributed by atoms with Crippen LogP contribution >= 0.6 is 0 Å². The number of imide groups is 1. The Labute approximate surface area is 182 Å². The number of carbonyl (C=O) groups excluding carboxylic acids is 4. The summed E-state index contributed by atoms with van der Waals surface area (Å²) in [4.78, 5) is 52.7. The fourth-order valence-corrected chi connectivity index (χ4v) is 3.76. The van der Waals surface area contributed by atoms with Gasteiger partial charge >= 0.3 is 5.97 Å². The predicted molar refractivity (Wildman–Crippen MR) is 113 cm³/mol. The fourth-order valence-electron chi connectivity index (χ4n) is 3.76. The lowest BCUT2D eigenvalue weighted by molar-refractivity contribution is -0.154. The highest BCUT2D eigenvalue weighted by molar-refractivity contribution is 6.22. The number of benzene rings is 1. The molecule has 1 atom stereocenters. The van der Waals surface area contributed by atoms with Crippen LogP contribution in [0.25, 0.3) is 0 Å². The molecule has 8 nitrogen and oxygen atoms in total. The van der Waals surface area contributed by atoms with E-state index in [-0.39, 0.29) is 42.4 Å². The first kappa shape index (κ1) is 22.9. The second-order valence-corrected chi connectivity index (χ2v) is 9.03. The monoisotopic (exact) mass is 430 g/mol. The molecule has 2 aliphatic rings. The largest absolute Gasteiger partial charge is 0.460 e. The van der Waals surface area contributed by atoms with Gasteiger partial charge in [0.1, 0.15) is 5.60 Å². The van der Waals surface area contributed by atoms with E-state index in [4.69, 9.17) is 9.47 Å². The summed E-state index contributed by atoms with van der Waals surface area (Å²) >= 11 is 0. The number of hydrogen-bond donors (Lipinski definition) is 0. The minimum absolute atomic E-state index is 0.126. The van der Waals surface area contributed by atoms with Gasteiger partial charge in [-0.15, -0.1) is 0 Å². The lowest BCUT2D eigenvalue weighted by Crippen LogP contribution is -2.36. The van der Waals surface area contributed by atoms with Gasteiger partial charge in [-0.05, 0) is 58.2 Å². The van der Waals surface area contributed by atoms with Crippen molar-refractivity contribution in [2.45, 2.75) is 58.2 Å². The third kappa shape index (κ3) is 5.50. The van der Waals surface area contributed by atoms with Crippen LogP contribution in [0.15, 0.2) is 18.2 Å². The molecule has 2 aliphatic heterocycles. The number of hydrogen-bond acceptors (Lipinski definition) is 6. The first-order valence-electron chi connectivity index (χ1n) is 10.7. The molecule has 3 rings (SSSR count). The van der Waals surface area contributed by atoms with Gasteiger partial charge in [0.25, 0.3) is 17.7 Å². The van der Waals surface area contributed by atoms with Gasteiger partial charge in [0.2, 0.25) is 0 Å². The number of nitrogens with zero attached hydrogens (tertiary/aromatic N) is 2. The molecule has 1 saturated heterocycles. The minimum atomic E-state index is -0.537. The topological polar surface area (TPSA) is 93.2 Å². The molecule has 2 heterocycles. The Morgan fingerprint density at radius 2 is 1.90 bits per heavy atom. The second kappa shape index (κ2) is 9.18. The summed E-state index contributed by atoms with van der Waals surface area (Å²) in [5.41, 5.74) is 0.354. The third-order valence-corrected chi connectivity index (χ3v) is 5.27. The molecule has 0 N–H and O–H groups in total. The molecule has 0 aliphatic carbocycles. The summed E-state index contributed by atoms with van der Waals surface area (Å²) in [6.45, 7) is 6.67. The van der Waals surface area contributed by atoms with Crippen molar-refractivity contribution in [3.05, 3.63) is 34.9 Å². The summed E-state index contributed by atoms with van der Waals surface area (Å²) in [6.07, 6.45) is 2.30. The molecular weight excluding hydrogens is 400 g/mol. The van der Waals surface area contributed by atoms with Crippen LogP contribution in [0.3, 0.4) is 0 Å². The van der Waals surface area contributed by atoms with Gasteiger partial charge in [-0.2, -0.15) is 0 Å². The molecule has 1 aromatic rings. The van der Waals surface area contributed by atoms with Gasteiger partial charge in [-0.3, -0.25) is 24.1 Å². The Bertz CT molecular complexity index is 883. The number of rotatable bonds is 7. The average Bonchev–Trinajstić information content (AvgIpc) is 3.29. The molecule has 0 aromatic heterocycles. The fraction of sp³-hybridized carbons (Fsp3) is 0.565. The zero-order chi connectivity index (χ0) is 22.8. The van der Waals surface area contributed by atoms with Crippen molar-refractivity contribution in [2.75, 3.05) is 26.7 Å². The molecule has 0 bridgehead atoms. The molecule has 1 fully saturated rings. The zero-order valence-corrected chi connectivity index (χ0v) is 18.6. The second-order valence-electron chi connectivity index (χ2n) is 9.03. The van der Waals surface area contributed by atoms with Crippen molar-refractivity contribution in [1.82, 2.24) is 9.80 Å². The molecule has 3 amide bonds. The van der Waals surface area contributed by atoms with E-state index in [1.807, 2.05) is 20.8 Å². The Morgan fingerprint density at radius 3 is 2.55 bits per heavy atom. The molecule has 0 spiro atoms. The number of carbonyl (C=O) groups is 4. The van der Waals surface area contributed by atoms with Gasteiger partial charge < -0.3 is 14.4 Å². The third-order valence-electron chi connectivity index (χ3n) is 5.27. The first-order valence-corrected chi connectivity index (χ1v) is 10.7. The normalized spacial score (nSPS) is 18.3. The maximum Gasteiger partial charge on any atom is 0.306 e. The van der Waals surface area contributed by atoms with Crippen molar-refractivity contribution < 1.29 is 28.7 Å². The van der Waals surface area contributed by atoms with E-state index in [9.17, 15) is 19.2 Å². The summed E-state index contributed by atoms with van der Waals surface area (Å²) in [5.74, 6) is -1.32. The van der Waals surface area contributed by atoms with E-state index < -0.39 is 11.5 Å². The zero-order valence-electron chi connectivity index (χ0n) is 18.6. The molecule has 168 valence electrons. The van der Waals surface area contributed by atoms with Crippen molar-refractivity contribution in [1.29, 1.82) is 0 Å². The van der Waals surface area contributed by atoms with Crippen molar-refractivity contribution in [3.63, 3.8) is 0 Å². The summed E-state index contributed by atoms with van der Waals surface area (Å²) in [5, 5.41) is 0. The number of ether oxygens (including phenoxy) is 2. The van der Waals surface area contributed by atoms with Crippen LogP contribution in [0.5, 0.6) is 0 Å². The van der Waals surface area contributed by atoms with Crippen LogP contribution in [0.4, 0.5) is 0 Å². The smallest absolute Gasteiger partial charge is 0.306 e. The van der Waals surface area contributed by atoms with Crippen LogP contribution in [-0.2, 0) is 14.3 Å². The van der Waals surface area contributed by atoms with E-state index in [0.717, 1.165) is 12.8 Å². The van der Waals surface area contributed by atoms with Gasteiger partial charge in [0.15, 0.2) is 0 Å². The lowest BCUT2D eigenvalue weighted by Gasteiger charge is -2.20. The lowest BCUT2D eigenvalue weighted by atomic mass is 10.0. The van der Waals surface area contributed by atoms with Gasteiger partial charge in [-0.1, -0.05) is 0 Å². The Balaban J connectivity index is 1.60. The summed E-state index contributed by atoms with van der Waals surface area (Å²) < 4.78 is 10.8. The van der Waals surface area contributed by atoms with E-state index in [1.165, 1.54) is 21.9 Å². The van der Waals surface area contributed by atoms with Crippen LogP contribution in [0.1, 0.15) is 77.5 Å². The van der Waals surface area contributed by atoms with Crippen molar-refractivity contribution in [2.24, 2.45) is 0 Å². The van der Waals surface area contributed by atoms with Crippen molar-refractivity contribution in [3.8, 4) is 0 Å². The highest BCUT2D eigenvalue weighted by Gasteiger charge is 2.38. The van der Waals surface area contributed by atoms with E-state index >= 15 is 0 Å². The molecule has 1 unspecified atom stereocenters. The molecular formula is C23H30N2O6.